The number of hydrogen-bond donors (Lipinski definition) is 1. The van der Waals surface area contributed by atoms with Crippen LogP contribution in [0.25, 0.3) is 0 Å². The van der Waals surface area contributed by atoms with Crippen molar-refractivity contribution >= 4 is 11.8 Å². The van der Waals surface area contributed by atoms with Gasteiger partial charge in [-0.15, -0.1) is 0 Å². The largest absolute Gasteiger partial charge is 0.369 e. The second-order valence-corrected chi connectivity index (χ2v) is 6.52. The van der Waals surface area contributed by atoms with Crippen molar-refractivity contribution in [1.82, 2.24) is 4.90 Å². The molecule has 0 radical (unpaired) electrons. The number of carbonyl (C=O) groups is 2. The normalized spacial score (nSPS) is 30.9. The topological polar surface area (TPSA) is 63.4 Å². The lowest BCUT2D eigenvalue weighted by atomic mass is 9.92. The summed E-state index contributed by atoms with van der Waals surface area (Å²) in [5.74, 6) is -0.582. The summed E-state index contributed by atoms with van der Waals surface area (Å²) < 4.78 is 13.0. The quantitative estimate of drug-likeness (QED) is 0.929. The maximum absolute atomic E-state index is 13.0. The maximum Gasteiger partial charge on any atom is 0.226 e. The van der Waals surface area contributed by atoms with Crippen molar-refractivity contribution in [3.8, 4) is 0 Å². The van der Waals surface area contributed by atoms with Crippen molar-refractivity contribution in [2.75, 3.05) is 6.54 Å². The van der Waals surface area contributed by atoms with Gasteiger partial charge < -0.3 is 10.6 Å². The highest BCUT2D eigenvalue weighted by atomic mass is 19.1. The molecule has 4 unspecified atom stereocenters. The third kappa shape index (κ3) is 2.85. The minimum Gasteiger partial charge on any atom is -0.369 e. The van der Waals surface area contributed by atoms with Crippen LogP contribution in [0.4, 0.5) is 4.39 Å². The van der Waals surface area contributed by atoms with E-state index in [1.807, 2.05) is 11.8 Å². The molecule has 2 N–H and O–H groups in total. The lowest BCUT2D eigenvalue weighted by Gasteiger charge is -2.37. The molecule has 1 aromatic rings. The van der Waals surface area contributed by atoms with Crippen LogP contribution in [0.3, 0.4) is 0 Å². The minimum atomic E-state index is -0.324. The Morgan fingerprint density at radius 2 is 1.91 bits per heavy atom. The van der Waals surface area contributed by atoms with E-state index in [0.717, 1.165) is 24.8 Å². The monoisotopic (exact) mass is 304 g/mol. The molecule has 1 aliphatic carbocycles. The molecule has 1 saturated carbocycles. The molecular weight excluding hydrogens is 283 g/mol. The van der Waals surface area contributed by atoms with Crippen LogP contribution in [0.15, 0.2) is 24.3 Å². The Morgan fingerprint density at radius 1 is 1.23 bits per heavy atom. The van der Waals surface area contributed by atoms with E-state index in [1.165, 1.54) is 12.1 Å². The number of hydrogen-bond acceptors (Lipinski definition) is 2. The zero-order valence-electron chi connectivity index (χ0n) is 12.7. The van der Waals surface area contributed by atoms with Gasteiger partial charge in [-0.1, -0.05) is 12.1 Å². The first kappa shape index (κ1) is 15.0. The molecule has 0 aromatic heterocycles. The molecule has 1 heterocycles. The molecule has 0 bridgehead atoms. The minimum absolute atomic E-state index is 0.0421. The first-order valence-electron chi connectivity index (χ1n) is 7.82. The number of piperidine rings is 1. The Bertz CT molecular complexity index is 587. The summed E-state index contributed by atoms with van der Waals surface area (Å²) in [5, 5.41) is 0. The highest BCUT2D eigenvalue weighted by Gasteiger charge is 2.47. The number of nitrogens with zero attached hydrogens (tertiary/aromatic N) is 1. The summed E-state index contributed by atoms with van der Waals surface area (Å²) in [4.78, 5) is 25.9. The van der Waals surface area contributed by atoms with Gasteiger partial charge in [0, 0.05) is 18.5 Å². The van der Waals surface area contributed by atoms with Gasteiger partial charge >= 0.3 is 0 Å². The van der Waals surface area contributed by atoms with Gasteiger partial charge in [-0.05, 0) is 49.8 Å². The van der Waals surface area contributed by atoms with Crippen LogP contribution in [0, 0.1) is 17.7 Å². The molecule has 0 spiro atoms. The van der Waals surface area contributed by atoms with Gasteiger partial charge in [-0.3, -0.25) is 9.59 Å². The van der Waals surface area contributed by atoms with Crippen molar-refractivity contribution in [1.29, 1.82) is 0 Å². The van der Waals surface area contributed by atoms with E-state index in [2.05, 4.69) is 0 Å². The number of halogens is 1. The lowest BCUT2D eigenvalue weighted by molar-refractivity contribution is -0.138. The van der Waals surface area contributed by atoms with E-state index >= 15 is 0 Å². The number of nitrogens with two attached hydrogens (primary N) is 1. The van der Waals surface area contributed by atoms with Crippen LogP contribution in [0.5, 0.6) is 0 Å². The summed E-state index contributed by atoms with van der Waals surface area (Å²) in [6.07, 6.45) is 2.37. The van der Waals surface area contributed by atoms with Gasteiger partial charge in [0.1, 0.15) is 5.82 Å². The molecule has 2 amide bonds. The number of rotatable bonds is 3. The van der Waals surface area contributed by atoms with Gasteiger partial charge in [0.2, 0.25) is 11.8 Å². The second kappa shape index (κ2) is 5.71. The molecule has 4 nitrogen and oxygen atoms in total. The fourth-order valence-corrected chi connectivity index (χ4v) is 3.41. The van der Waals surface area contributed by atoms with Crippen LogP contribution >= 0.6 is 0 Å². The van der Waals surface area contributed by atoms with Gasteiger partial charge in [0.25, 0.3) is 0 Å². The Labute approximate surface area is 129 Å². The Morgan fingerprint density at radius 3 is 2.55 bits per heavy atom. The average Bonchev–Trinajstić information content (AvgIpc) is 3.28. The average molecular weight is 304 g/mol. The lowest BCUT2D eigenvalue weighted by Crippen LogP contribution is -2.49. The molecule has 22 heavy (non-hydrogen) atoms. The summed E-state index contributed by atoms with van der Waals surface area (Å²) >= 11 is 0. The molecule has 1 aromatic carbocycles. The van der Waals surface area contributed by atoms with Crippen molar-refractivity contribution in [2.45, 2.75) is 38.1 Å². The predicted molar refractivity (Wildman–Crippen MR) is 80.3 cm³/mol. The first-order chi connectivity index (χ1) is 10.5. The molecule has 5 heteroatoms. The van der Waals surface area contributed by atoms with Crippen molar-refractivity contribution in [3.63, 3.8) is 0 Å². The second-order valence-electron chi connectivity index (χ2n) is 6.52. The Balaban J connectivity index is 1.67. The van der Waals surface area contributed by atoms with E-state index in [1.54, 1.807) is 12.1 Å². The first-order valence-corrected chi connectivity index (χ1v) is 7.82. The molecule has 1 saturated heterocycles. The van der Waals surface area contributed by atoms with Gasteiger partial charge in [0.15, 0.2) is 0 Å². The van der Waals surface area contributed by atoms with Crippen LogP contribution in [-0.2, 0) is 9.59 Å². The van der Waals surface area contributed by atoms with Crippen molar-refractivity contribution in [2.24, 2.45) is 17.6 Å². The number of primary amides is 1. The van der Waals surface area contributed by atoms with E-state index in [9.17, 15) is 14.0 Å². The maximum atomic E-state index is 13.0. The molecular formula is C17H21FN2O2. The summed E-state index contributed by atoms with van der Waals surface area (Å²) in [5.41, 5.74) is 6.40. The SMILES string of the molecule is CC1CCC(C(N)=O)CN1C(=O)C1CC1c1ccc(F)cc1. The number of carbonyl (C=O) groups excluding carboxylic acids is 2. The summed E-state index contributed by atoms with van der Waals surface area (Å²) in [6, 6.07) is 6.51. The van der Waals surface area contributed by atoms with Crippen LogP contribution in [0.2, 0.25) is 0 Å². The smallest absolute Gasteiger partial charge is 0.226 e. The fourth-order valence-electron chi connectivity index (χ4n) is 3.41. The standard InChI is InChI=1S/C17H21FN2O2/c1-10-2-3-12(16(19)21)9-20(10)17(22)15-8-14(15)11-4-6-13(18)7-5-11/h4-7,10,12,14-15H,2-3,8-9H2,1H3,(H2,19,21). The van der Waals surface area contributed by atoms with Gasteiger partial charge in [-0.2, -0.15) is 0 Å². The van der Waals surface area contributed by atoms with E-state index in [0.29, 0.717) is 6.54 Å². The van der Waals surface area contributed by atoms with Crippen LogP contribution < -0.4 is 5.73 Å². The predicted octanol–water partition coefficient (Wildman–Crippen LogP) is 2.04. The highest BCUT2D eigenvalue weighted by Crippen LogP contribution is 2.49. The van der Waals surface area contributed by atoms with Crippen LogP contribution in [0.1, 0.15) is 37.7 Å². The van der Waals surface area contributed by atoms with Crippen molar-refractivity contribution in [3.05, 3.63) is 35.6 Å². The number of benzene rings is 1. The van der Waals surface area contributed by atoms with Crippen LogP contribution in [-0.4, -0.2) is 29.3 Å². The fraction of sp³-hybridized carbons (Fsp3) is 0.529. The highest BCUT2D eigenvalue weighted by molar-refractivity contribution is 5.84. The van der Waals surface area contributed by atoms with Gasteiger partial charge in [0.05, 0.1) is 5.92 Å². The molecule has 4 atom stereocenters. The zero-order valence-corrected chi connectivity index (χ0v) is 12.7. The number of likely N-dealkylation sites (tertiary alicyclic amines) is 1. The molecule has 3 rings (SSSR count). The summed E-state index contributed by atoms with van der Waals surface area (Å²) in [7, 11) is 0. The Kier molecular flexibility index (Phi) is 3.89. The molecule has 2 fully saturated rings. The van der Waals surface area contributed by atoms with E-state index in [4.69, 9.17) is 5.73 Å². The van der Waals surface area contributed by atoms with Crippen molar-refractivity contribution < 1.29 is 14.0 Å². The van der Waals surface area contributed by atoms with E-state index in [-0.39, 0.29) is 41.4 Å². The third-order valence-electron chi connectivity index (χ3n) is 4.97. The molecule has 118 valence electrons. The van der Waals surface area contributed by atoms with Gasteiger partial charge in [-0.25, -0.2) is 4.39 Å². The number of amides is 2. The Hall–Kier alpha value is -1.91. The molecule has 2 aliphatic rings. The summed E-state index contributed by atoms with van der Waals surface area (Å²) in [6.45, 7) is 2.45. The van der Waals surface area contributed by atoms with E-state index < -0.39 is 0 Å². The zero-order chi connectivity index (χ0) is 15.9. The third-order valence-corrected chi connectivity index (χ3v) is 4.97. The molecule has 1 aliphatic heterocycles.